The lowest BCUT2D eigenvalue weighted by Crippen LogP contribution is -2.26. The van der Waals surface area contributed by atoms with Crippen molar-refractivity contribution in [2.24, 2.45) is 0 Å². The summed E-state index contributed by atoms with van der Waals surface area (Å²) < 4.78 is 33.0. The minimum atomic E-state index is -3.86. The lowest BCUT2D eigenvalue weighted by atomic mass is 10.2. The molecule has 4 rings (SSSR count). The predicted molar refractivity (Wildman–Crippen MR) is 108 cm³/mol. The molecule has 0 bridgehead atoms. The molecule has 0 radical (unpaired) electrons. The fourth-order valence-electron chi connectivity index (χ4n) is 2.87. The average molecular weight is 415 g/mol. The van der Waals surface area contributed by atoms with Crippen LogP contribution >= 0.6 is 11.6 Å². The van der Waals surface area contributed by atoms with Crippen LogP contribution in [0, 0.1) is 0 Å². The molecule has 0 fully saturated rings. The number of hydrogen-bond acceptors (Lipinski definition) is 4. The Morgan fingerprint density at radius 3 is 2.43 bits per heavy atom. The Labute approximate surface area is 167 Å². The maximum Gasteiger partial charge on any atom is 0.264 e. The van der Waals surface area contributed by atoms with Crippen LogP contribution in [0.15, 0.2) is 71.6 Å². The van der Waals surface area contributed by atoms with Crippen LogP contribution in [0.25, 0.3) is 0 Å². The molecule has 3 aromatic rings. The summed E-state index contributed by atoms with van der Waals surface area (Å²) >= 11 is 5.98. The lowest BCUT2D eigenvalue weighted by molar-refractivity contribution is 0.102. The Morgan fingerprint density at radius 2 is 1.68 bits per heavy atom. The SMILES string of the molecule is CN(c1ccccc1)S(=O)(=O)c1ccc2c(c1)C(=O)Nc1cc(Cl)ccc1O2. The van der Waals surface area contributed by atoms with E-state index in [2.05, 4.69) is 5.32 Å². The zero-order valence-electron chi connectivity index (χ0n) is 14.7. The summed E-state index contributed by atoms with van der Waals surface area (Å²) in [7, 11) is -2.40. The van der Waals surface area contributed by atoms with Gasteiger partial charge in [-0.25, -0.2) is 8.42 Å². The van der Waals surface area contributed by atoms with Gasteiger partial charge in [0.1, 0.15) is 5.75 Å². The molecule has 0 saturated heterocycles. The van der Waals surface area contributed by atoms with Crippen LogP contribution in [0.2, 0.25) is 5.02 Å². The summed E-state index contributed by atoms with van der Waals surface area (Å²) in [5.41, 5.74) is 1.05. The maximum atomic E-state index is 13.0. The molecule has 1 N–H and O–H groups in total. The van der Waals surface area contributed by atoms with Gasteiger partial charge in [0.25, 0.3) is 15.9 Å². The van der Waals surface area contributed by atoms with Crippen molar-refractivity contribution < 1.29 is 17.9 Å². The highest BCUT2D eigenvalue weighted by molar-refractivity contribution is 7.92. The zero-order valence-corrected chi connectivity index (χ0v) is 16.3. The second-order valence-corrected chi connectivity index (χ2v) is 8.57. The van der Waals surface area contributed by atoms with Gasteiger partial charge < -0.3 is 10.1 Å². The van der Waals surface area contributed by atoms with Gasteiger partial charge in [0.05, 0.1) is 21.8 Å². The van der Waals surface area contributed by atoms with Crippen molar-refractivity contribution in [3.05, 3.63) is 77.3 Å². The Bertz CT molecular complexity index is 1180. The lowest BCUT2D eigenvalue weighted by Gasteiger charge is -2.20. The van der Waals surface area contributed by atoms with Gasteiger partial charge in [-0.2, -0.15) is 0 Å². The smallest absolute Gasteiger partial charge is 0.264 e. The van der Waals surface area contributed by atoms with Gasteiger partial charge in [0.2, 0.25) is 0 Å². The largest absolute Gasteiger partial charge is 0.454 e. The van der Waals surface area contributed by atoms with E-state index in [1.54, 1.807) is 48.5 Å². The molecule has 0 aromatic heterocycles. The molecular weight excluding hydrogens is 400 g/mol. The summed E-state index contributed by atoms with van der Waals surface area (Å²) in [6.07, 6.45) is 0. The highest BCUT2D eigenvalue weighted by Crippen LogP contribution is 2.38. The molecule has 0 unspecified atom stereocenters. The van der Waals surface area contributed by atoms with Crippen molar-refractivity contribution in [3.63, 3.8) is 0 Å². The average Bonchev–Trinajstić information content (AvgIpc) is 2.83. The summed E-state index contributed by atoms with van der Waals surface area (Å²) in [5.74, 6) is 0.212. The normalized spacial score (nSPS) is 12.9. The molecule has 142 valence electrons. The Balaban J connectivity index is 1.75. The van der Waals surface area contributed by atoms with Crippen molar-refractivity contribution in [1.29, 1.82) is 0 Å². The van der Waals surface area contributed by atoms with Crippen LogP contribution in [-0.4, -0.2) is 21.4 Å². The predicted octanol–water partition coefficient (Wildman–Crippen LogP) is 4.52. The molecular formula is C20H15ClN2O4S. The number of nitrogens with zero attached hydrogens (tertiary/aromatic N) is 1. The number of para-hydroxylation sites is 1. The van der Waals surface area contributed by atoms with Crippen LogP contribution in [0.3, 0.4) is 0 Å². The molecule has 6 nitrogen and oxygen atoms in total. The van der Waals surface area contributed by atoms with Crippen LogP contribution in [-0.2, 0) is 10.0 Å². The van der Waals surface area contributed by atoms with Gasteiger partial charge >= 0.3 is 0 Å². The van der Waals surface area contributed by atoms with E-state index < -0.39 is 15.9 Å². The first kappa shape index (κ1) is 18.3. The van der Waals surface area contributed by atoms with E-state index in [0.29, 0.717) is 22.1 Å². The number of carbonyl (C=O) groups is 1. The molecule has 0 spiro atoms. The van der Waals surface area contributed by atoms with Gasteiger partial charge in [0.15, 0.2) is 5.75 Å². The van der Waals surface area contributed by atoms with Gasteiger partial charge in [-0.15, -0.1) is 0 Å². The van der Waals surface area contributed by atoms with E-state index in [-0.39, 0.29) is 16.2 Å². The number of rotatable bonds is 3. The first-order valence-corrected chi connectivity index (χ1v) is 10.1. The van der Waals surface area contributed by atoms with Gasteiger partial charge in [-0.05, 0) is 48.5 Å². The van der Waals surface area contributed by atoms with E-state index in [1.165, 1.54) is 29.6 Å². The number of fused-ring (bicyclic) bond motifs is 2. The number of amides is 1. The number of sulfonamides is 1. The molecule has 0 atom stereocenters. The van der Waals surface area contributed by atoms with E-state index in [4.69, 9.17) is 16.3 Å². The third-order valence-electron chi connectivity index (χ3n) is 4.38. The zero-order chi connectivity index (χ0) is 19.9. The summed E-state index contributed by atoms with van der Waals surface area (Å²) in [6, 6.07) is 17.8. The van der Waals surface area contributed by atoms with E-state index >= 15 is 0 Å². The highest BCUT2D eigenvalue weighted by atomic mass is 35.5. The second-order valence-electron chi connectivity index (χ2n) is 6.16. The summed E-state index contributed by atoms with van der Waals surface area (Å²) in [4.78, 5) is 12.6. The molecule has 3 aromatic carbocycles. The molecule has 0 saturated carbocycles. The molecule has 1 amide bonds. The monoisotopic (exact) mass is 414 g/mol. The van der Waals surface area contributed by atoms with E-state index in [0.717, 1.165) is 0 Å². The molecule has 28 heavy (non-hydrogen) atoms. The topological polar surface area (TPSA) is 75.7 Å². The van der Waals surface area contributed by atoms with Crippen molar-refractivity contribution in [1.82, 2.24) is 0 Å². The summed E-state index contributed by atoms with van der Waals surface area (Å²) in [5, 5.41) is 3.15. The van der Waals surface area contributed by atoms with Crippen molar-refractivity contribution in [3.8, 4) is 11.5 Å². The van der Waals surface area contributed by atoms with Crippen LogP contribution in [0.1, 0.15) is 10.4 Å². The van der Waals surface area contributed by atoms with Crippen LogP contribution in [0.5, 0.6) is 11.5 Å². The first-order chi connectivity index (χ1) is 13.4. The minimum Gasteiger partial charge on any atom is -0.454 e. The molecule has 8 heteroatoms. The third kappa shape index (κ3) is 3.19. The van der Waals surface area contributed by atoms with Crippen molar-refractivity contribution in [2.45, 2.75) is 4.90 Å². The van der Waals surface area contributed by atoms with Crippen molar-refractivity contribution >= 4 is 38.9 Å². The number of anilines is 2. The Hall–Kier alpha value is -3.03. The molecule has 1 aliphatic heterocycles. The number of nitrogens with one attached hydrogen (secondary N) is 1. The number of benzene rings is 3. The minimum absolute atomic E-state index is 0.0136. The number of carbonyl (C=O) groups excluding carboxylic acids is 1. The van der Waals surface area contributed by atoms with Crippen LogP contribution in [0.4, 0.5) is 11.4 Å². The number of hydrogen-bond donors (Lipinski definition) is 1. The fraction of sp³-hybridized carbons (Fsp3) is 0.0500. The van der Waals surface area contributed by atoms with Gasteiger partial charge in [0, 0.05) is 12.1 Å². The summed E-state index contributed by atoms with van der Waals surface area (Å²) in [6.45, 7) is 0. The van der Waals surface area contributed by atoms with Crippen LogP contribution < -0.4 is 14.4 Å². The van der Waals surface area contributed by atoms with E-state index in [1.807, 2.05) is 0 Å². The highest BCUT2D eigenvalue weighted by Gasteiger charge is 2.27. The standard InChI is InChI=1S/C20H15ClN2O4S/c1-23(14-5-3-2-4-6-14)28(25,26)15-8-10-18-16(12-15)20(24)22-17-11-13(21)7-9-19(17)27-18/h2-12H,1H3,(H,22,24). The third-order valence-corrected chi connectivity index (χ3v) is 6.40. The Morgan fingerprint density at radius 1 is 0.964 bits per heavy atom. The van der Waals surface area contributed by atoms with Gasteiger partial charge in [-0.3, -0.25) is 9.10 Å². The van der Waals surface area contributed by atoms with Gasteiger partial charge in [-0.1, -0.05) is 29.8 Å². The molecule has 1 heterocycles. The Kier molecular flexibility index (Phi) is 4.49. The van der Waals surface area contributed by atoms with E-state index in [9.17, 15) is 13.2 Å². The number of ether oxygens (including phenoxy) is 1. The quantitative estimate of drug-likeness (QED) is 0.683. The number of halogens is 1. The second kappa shape index (κ2) is 6.85. The first-order valence-electron chi connectivity index (χ1n) is 8.33. The molecule has 0 aliphatic carbocycles. The van der Waals surface area contributed by atoms with Crippen molar-refractivity contribution in [2.75, 3.05) is 16.7 Å². The maximum absolute atomic E-state index is 13.0. The molecule has 1 aliphatic rings. The fourth-order valence-corrected chi connectivity index (χ4v) is 4.26.